The predicted molar refractivity (Wildman–Crippen MR) is 103 cm³/mol. The third kappa shape index (κ3) is 3.37. The molecule has 0 unspecified atom stereocenters. The van der Waals surface area contributed by atoms with Crippen LogP contribution in [0.25, 0.3) is 11.0 Å². The molecule has 26 heavy (non-hydrogen) atoms. The number of amides is 1. The van der Waals surface area contributed by atoms with E-state index in [0.717, 1.165) is 5.69 Å². The summed E-state index contributed by atoms with van der Waals surface area (Å²) < 4.78 is 1.80. The normalized spacial score (nSPS) is 11.5. The van der Waals surface area contributed by atoms with Crippen molar-refractivity contribution in [1.82, 2.24) is 14.8 Å². The first-order valence-corrected chi connectivity index (χ1v) is 8.83. The van der Waals surface area contributed by atoms with Crippen molar-refractivity contribution in [3.8, 4) is 5.75 Å². The molecule has 0 atom stereocenters. The highest BCUT2D eigenvalue weighted by atomic mass is 35.5. The Labute approximate surface area is 156 Å². The number of phenols is 1. The number of hydrogen-bond donors (Lipinski definition) is 2. The topological polar surface area (TPSA) is 80.0 Å². The van der Waals surface area contributed by atoms with Gasteiger partial charge in [0.25, 0.3) is 5.91 Å². The van der Waals surface area contributed by atoms with Crippen LogP contribution in [-0.2, 0) is 0 Å². The summed E-state index contributed by atoms with van der Waals surface area (Å²) in [6.07, 6.45) is 1.65. The number of aromatic hydroxyl groups is 1. The zero-order chi connectivity index (χ0) is 19.0. The molecule has 7 heteroatoms. The maximum atomic E-state index is 12.9. The minimum atomic E-state index is -0.347. The van der Waals surface area contributed by atoms with Gasteiger partial charge < -0.3 is 10.4 Å². The number of benzene rings is 1. The zero-order valence-corrected chi connectivity index (χ0v) is 15.9. The van der Waals surface area contributed by atoms with Crippen LogP contribution in [0.2, 0.25) is 5.02 Å². The Morgan fingerprint density at radius 3 is 2.62 bits per heavy atom. The van der Waals surface area contributed by atoms with Gasteiger partial charge in [0.1, 0.15) is 5.75 Å². The number of pyridine rings is 1. The van der Waals surface area contributed by atoms with E-state index in [1.165, 1.54) is 12.1 Å². The number of phenolic OH excluding ortho intramolecular Hbond substituents is 1. The van der Waals surface area contributed by atoms with Crippen molar-refractivity contribution in [1.29, 1.82) is 0 Å². The smallest absolute Gasteiger partial charge is 0.256 e. The molecule has 0 aliphatic rings. The summed E-state index contributed by atoms with van der Waals surface area (Å²) in [4.78, 5) is 17.6. The Balaban J connectivity index is 2.11. The van der Waals surface area contributed by atoms with Crippen molar-refractivity contribution in [3.63, 3.8) is 0 Å². The molecule has 0 aliphatic carbocycles. The van der Waals surface area contributed by atoms with Crippen LogP contribution in [0.4, 0.5) is 5.69 Å². The molecule has 0 radical (unpaired) electrons. The van der Waals surface area contributed by atoms with E-state index in [-0.39, 0.29) is 29.3 Å². The summed E-state index contributed by atoms with van der Waals surface area (Å²) in [7, 11) is 0. The van der Waals surface area contributed by atoms with E-state index >= 15 is 0 Å². The van der Waals surface area contributed by atoms with Crippen LogP contribution in [0, 0.1) is 0 Å². The fourth-order valence-corrected chi connectivity index (χ4v) is 2.87. The summed E-state index contributed by atoms with van der Waals surface area (Å²) >= 11 is 5.96. The molecule has 2 heterocycles. The minimum Gasteiger partial charge on any atom is -0.506 e. The lowest BCUT2D eigenvalue weighted by atomic mass is 10.0. The molecular weight excluding hydrogens is 352 g/mol. The maximum absolute atomic E-state index is 12.9. The molecule has 6 nitrogen and oxygen atoms in total. The Morgan fingerprint density at radius 1 is 1.23 bits per heavy atom. The number of carbonyl (C=O) groups is 1. The largest absolute Gasteiger partial charge is 0.506 e. The number of anilines is 1. The second-order valence-corrected chi connectivity index (χ2v) is 7.22. The average molecular weight is 373 g/mol. The first kappa shape index (κ1) is 18.2. The number of halogens is 1. The molecule has 0 bridgehead atoms. The molecule has 136 valence electrons. The average Bonchev–Trinajstić information content (AvgIpc) is 3.01. The van der Waals surface area contributed by atoms with Crippen LogP contribution < -0.4 is 5.32 Å². The lowest BCUT2D eigenvalue weighted by molar-refractivity contribution is 0.102. The highest BCUT2D eigenvalue weighted by Crippen LogP contribution is 2.29. The lowest BCUT2D eigenvalue weighted by Gasteiger charge is -2.13. The van der Waals surface area contributed by atoms with Crippen molar-refractivity contribution in [2.45, 2.75) is 39.7 Å². The van der Waals surface area contributed by atoms with E-state index in [0.29, 0.717) is 21.6 Å². The molecule has 0 aliphatic heterocycles. The van der Waals surface area contributed by atoms with Gasteiger partial charge in [-0.2, -0.15) is 5.10 Å². The summed E-state index contributed by atoms with van der Waals surface area (Å²) in [5.74, 6) is -0.240. The van der Waals surface area contributed by atoms with E-state index in [2.05, 4.69) is 15.4 Å². The quantitative estimate of drug-likeness (QED) is 0.648. The number of aromatic nitrogens is 3. The molecule has 2 aromatic heterocycles. The first-order valence-electron chi connectivity index (χ1n) is 8.46. The number of hydrogen-bond acceptors (Lipinski definition) is 4. The van der Waals surface area contributed by atoms with Gasteiger partial charge >= 0.3 is 0 Å². The molecule has 3 aromatic rings. The SMILES string of the molecule is CC(C)c1cc(C(=O)Nc2cc(Cl)ccc2O)c2cnn(C(C)C)c2n1. The van der Waals surface area contributed by atoms with Crippen LogP contribution >= 0.6 is 11.6 Å². The Hall–Kier alpha value is -2.60. The maximum Gasteiger partial charge on any atom is 0.256 e. The minimum absolute atomic E-state index is 0.0463. The number of carbonyl (C=O) groups excluding carboxylic acids is 1. The van der Waals surface area contributed by atoms with Gasteiger partial charge in [-0.05, 0) is 44.0 Å². The Kier molecular flexibility index (Phi) is 4.87. The summed E-state index contributed by atoms with van der Waals surface area (Å²) in [6, 6.07) is 6.40. The van der Waals surface area contributed by atoms with Crippen LogP contribution in [0.5, 0.6) is 5.75 Å². The van der Waals surface area contributed by atoms with Crippen molar-refractivity contribution >= 4 is 34.2 Å². The van der Waals surface area contributed by atoms with Crippen LogP contribution in [0.15, 0.2) is 30.5 Å². The molecule has 1 amide bonds. The van der Waals surface area contributed by atoms with Gasteiger partial charge in [0.2, 0.25) is 0 Å². The van der Waals surface area contributed by atoms with Gasteiger partial charge in [0.05, 0.1) is 22.8 Å². The highest BCUT2D eigenvalue weighted by molar-refractivity contribution is 6.31. The van der Waals surface area contributed by atoms with Gasteiger partial charge in [0, 0.05) is 16.8 Å². The van der Waals surface area contributed by atoms with Crippen LogP contribution in [-0.4, -0.2) is 25.8 Å². The molecule has 1 aromatic carbocycles. The molecule has 0 fully saturated rings. The van der Waals surface area contributed by atoms with Gasteiger partial charge in [-0.15, -0.1) is 0 Å². The third-order valence-electron chi connectivity index (χ3n) is 4.12. The predicted octanol–water partition coefficient (Wildman–Crippen LogP) is 4.75. The number of fused-ring (bicyclic) bond motifs is 1. The second kappa shape index (κ2) is 6.96. The molecule has 0 saturated carbocycles. The second-order valence-electron chi connectivity index (χ2n) is 6.79. The molecule has 0 saturated heterocycles. The van der Waals surface area contributed by atoms with Crippen LogP contribution in [0.1, 0.15) is 55.7 Å². The molecule has 2 N–H and O–H groups in total. The van der Waals surface area contributed by atoms with Gasteiger partial charge in [-0.25, -0.2) is 9.67 Å². The third-order valence-corrected chi connectivity index (χ3v) is 4.35. The van der Waals surface area contributed by atoms with Gasteiger partial charge in [-0.1, -0.05) is 25.4 Å². The summed E-state index contributed by atoms with van der Waals surface area (Å²) in [5, 5.41) is 18.2. The van der Waals surface area contributed by atoms with Crippen molar-refractivity contribution in [2.75, 3.05) is 5.32 Å². The van der Waals surface area contributed by atoms with E-state index in [4.69, 9.17) is 11.6 Å². The van der Waals surface area contributed by atoms with E-state index in [1.54, 1.807) is 23.0 Å². The Bertz CT molecular complexity index is 979. The monoisotopic (exact) mass is 372 g/mol. The van der Waals surface area contributed by atoms with Crippen LogP contribution in [0.3, 0.4) is 0 Å². The highest BCUT2D eigenvalue weighted by Gasteiger charge is 2.19. The van der Waals surface area contributed by atoms with E-state index in [9.17, 15) is 9.90 Å². The van der Waals surface area contributed by atoms with Gasteiger partial charge in [-0.3, -0.25) is 4.79 Å². The Morgan fingerprint density at radius 2 is 1.96 bits per heavy atom. The molecule has 0 spiro atoms. The van der Waals surface area contributed by atoms with E-state index < -0.39 is 0 Å². The summed E-state index contributed by atoms with van der Waals surface area (Å²) in [6.45, 7) is 8.07. The number of rotatable bonds is 4. The van der Waals surface area contributed by atoms with Crippen molar-refractivity contribution in [2.24, 2.45) is 0 Å². The van der Waals surface area contributed by atoms with Gasteiger partial charge in [0.15, 0.2) is 5.65 Å². The standard InChI is InChI=1S/C19H21ClN4O2/c1-10(2)15-8-13(14-9-21-24(11(3)4)18(14)22-15)19(26)23-16-7-12(20)5-6-17(16)25/h5-11,25H,1-4H3,(H,23,26). The van der Waals surface area contributed by atoms with Crippen molar-refractivity contribution < 1.29 is 9.90 Å². The fraction of sp³-hybridized carbons (Fsp3) is 0.316. The molecule has 3 rings (SSSR count). The number of nitrogens with zero attached hydrogens (tertiary/aromatic N) is 3. The van der Waals surface area contributed by atoms with E-state index in [1.807, 2.05) is 27.7 Å². The first-order chi connectivity index (χ1) is 12.3. The molecular formula is C19H21ClN4O2. The fourth-order valence-electron chi connectivity index (χ4n) is 2.70. The number of nitrogens with one attached hydrogen (secondary N) is 1. The zero-order valence-electron chi connectivity index (χ0n) is 15.1. The lowest BCUT2D eigenvalue weighted by Crippen LogP contribution is -2.14. The summed E-state index contributed by atoms with van der Waals surface area (Å²) in [5.41, 5.74) is 2.20. The van der Waals surface area contributed by atoms with Crippen molar-refractivity contribution in [3.05, 3.63) is 46.7 Å².